The van der Waals surface area contributed by atoms with Crippen molar-refractivity contribution in [2.24, 2.45) is 0 Å². The fraction of sp³-hybridized carbons (Fsp3) is 0.481. The Hall–Kier alpha value is -4.23. The number of halogens is 3. The normalized spacial score (nSPS) is 16.0. The second kappa shape index (κ2) is 11.0. The Morgan fingerprint density at radius 3 is 2.51 bits per heavy atom. The third-order valence-corrected chi connectivity index (χ3v) is 6.49. The number of aromatic nitrogens is 2. The van der Waals surface area contributed by atoms with E-state index < -0.39 is 29.5 Å². The van der Waals surface area contributed by atoms with Gasteiger partial charge in [0.05, 0.1) is 24.1 Å². The summed E-state index contributed by atoms with van der Waals surface area (Å²) in [5.41, 5.74) is -0.563. The quantitative estimate of drug-likeness (QED) is 0.365. The molecule has 1 aromatic carbocycles. The van der Waals surface area contributed by atoms with Gasteiger partial charge in [-0.3, -0.25) is 4.90 Å². The zero-order valence-electron chi connectivity index (χ0n) is 23.5. The van der Waals surface area contributed by atoms with Crippen molar-refractivity contribution in [3.8, 4) is 17.0 Å². The summed E-state index contributed by atoms with van der Waals surface area (Å²) < 4.78 is 57.3. The molecule has 11 nitrogen and oxygen atoms in total. The molecule has 0 spiro atoms. The maximum atomic E-state index is 13.5. The van der Waals surface area contributed by atoms with E-state index in [9.17, 15) is 27.9 Å². The molecule has 0 unspecified atom stereocenters. The van der Waals surface area contributed by atoms with Crippen LogP contribution in [0.1, 0.15) is 44.7 Å². The van der Waals surface area contributed by atoms with E-state index in [2.05, 4.69) is 15.3 Å². The molecule has 2 N–H and O–H groups in total. The van der Waals surface area contributed by atoms with Crippen molar-refractivity contribution in [1.29, 1.82) is 0 Å². The minimum atomic E-state index is -4.59. The summed E-state index contributed by atoms with van der Waals surface area (Å²) in [5.74, 6) is -0.0622. The van der Waals surface area contributed by atoms with Gasteiger partial charge in [0.1, 0.15) is 11.4 Å². The van der Waals surface area contributed by atoms with Crippen LogP contribution < -0.4 is 15.0 Å². The number of amides is 2. The predicted octanol–water partition coefficient (Wildman–Crippen LogP) is 6.15. The van der Waals surface area contributed by atoms with Crippen LogP contribution >= 0.6 is 0 Å². The van der Waals surface area contributed by atoms with Gasteiger partial charge in [-0.05, 0) is 64.3 Å². The Morgan fingerprint density at radius 2 is 1.90 bits per heavy atom. The second-order valence-corrected chi connectivity index (χ2v) is 10.8. The van der Waals surface area contributed by atoms with Crippen LogP contribution in [0.4, 0.5) is 34.5 Å². The number of hydrogen-bond donors (Lipinski definition) is 2. The number of aryl methyl sites for hydroxylation is 1. The van der Waals surface area contributed by atoms with Crippen molar-refractivity contribution in [3.63, 3.8) is 0 Å². The number of carbonyl (C=O) groups is 2. The molecule has 2 amide bonds. The van der Waals surface area contributed by atoms with Gasteiger partial charge >= 0.3 is 18.4 Å². The summed E-state index contributed by atoms with van der Waals surface area (Å²) in [6, 6.07) is 3.15. The van der Waals surface area contributed by atoms with E-state index >= 15 is 0 Å². The van der Waals surface area contributed by atoms with Crippen molar-refractivity contribution in [3.05, 3.63) is 29.3 Å². The Labute approximate surface area is 234 Å². The Kier molecular flexibility index (Phi) is 7.96. The molecule has 0 saturated carbocycles. The molecule has 3 heterocycles. The van der Waals surface area contributed by atoms with E-state index in [1.807, 2.05) is 0 Å². The highest BCUT2D eigenvalue weighted by molar-refractivity contribution is 5.98. The molecular formula is C27H32F3N5O6. The zero-order valence-corrected chi connectivity index (χ0v) is 23.5. The topological polar surface area (TPSA) is 130 Å². The number of anilines is 2. The van der Waals surface area contributed by atoms with Gasteiger partial charge in [0.15, 0.2) is 5.58 Å². The van der Waals surface area contributed by atoms with Gasteiger partial charge in [-0.1, -0.05) is 0 Å². The first-order valence-electron chi connectivity index (χ1n) is 12.9. The van der Waals surface area contributed by atoms with E-state index in [-0.39, 0.29) is 58.1 Å². The minimum absolute atomic E-state index is 0.0526. The first-order chi connectivity index (χ1) is 19.1. The first-order valence-corrected chi connectivity index (χ1v) is 12.9. The number of oxazole rings is 1. The molecular weight excluding hydrogens is 547 g/mol. The molecule has 3 aromatic rings. The third kappa shape index (κ3) is 6.57. The van der Waals surface area contributed by atoms with Crippen LogP contribution in [0.3, 0.4) is 0 Å². The number of carboxylic acid groups (broad SMARTS) is 1. The number of nitrogens with zero attached hydrogens (tertiary/aromatic N) is 4. The number of benzene rings is 1. The number of fused-ring (bicyclic) bond motifs is 1. The summed E-state index contributed by atoms with van der Waals surface area (Å²) in [4.78, 5) is 35.9. The fourth-order valence-corrected chi connectivity index (χ4v) is 4.61. The van der Waals surface area contributed by atoms with Crippen molar-refractivity contribution >= 4 is 35.1 Å². The molecule has 1 atom stereocenters. The summed E-state index contributed by atoms with van der Waals surface area (Å²) >= 11 is 0. The van der Waals surface area contributed by atoms with Crippen LogP contribution in [0.15, 0.2) is 22.6 Å². The maximum absolute atomic E-state index is 13.5. The number of methoxy groups -OCH3 is 1. The smallest absolute Gasteiger partial charge is 0.416 e. The van der Waals surface area contributed by atoms with E-state index in [1.54, 1.807) is 20.8 Å². The van der Waals surface area contributed by atoms with E-state index in [4.69, 9.17) is 13.9 Å². The summed E-state index contributed by atoms with van der Waals surface area (Å²) in [7, 11) is 2.72. The van der Waals surface area contributed by atoms with Gasteiger partial charge in [-0.25, -0.2) is 14.6 Å². The van der Waals surface area contributed by atoms with Gasteiger partial charge in [0, 0.05) is 31.7 Å². The molecule has 14 heteroatoms. The highest BCUT2D eigenvalue weighted by Crippen LogP contribution is 2.41. The number of piperidine rings is 1. The number of alkyl halides is 3. The lowest BCUT2D eigenvalue weighted by Crippen LogP contribution is -2.44. The predicted molar refractivity (Wildman–Crippen MR) is 144 cm³/mol. The van der Waals surface area contributed by atoms with Gasteiger partial charge in [-0.15, -0.1) is 0 Å². The number of pyridine rings is 1. The fourth-order valence-electron chi connectivity index (χ4n) is 4.61. The van der Waals surface area contributed by atoms with Crippen LogP contribution in [0.25, 0.3) is 22.5 Å². The van der Waals surface area contributed by atoms with Crippen LogP contribution in [0.5, 0.6) is 5.75 Å². The van der Waals surface area contributed by atoms with E-state index in [0.29, 0.717) is 19.4 Å². The Morgan fingerprint density at radius 1 is 1.20 bits per heavy atom. The average Bonchev–Trinajstić information content (AvgIpc) is 3.27. The van der Waals surface area contributed by atoms with Crippen LogP contribution in [0, 0.1) is 6.92 Å². The maximum Gasteiger partial charge on any atom is 0.416 e. The molecule has 1 fully saturated rings. The molecule has 0 radical (unpaired) electrons. The summed E-state index contributed by atoms with van der Waals surface area (Å²) in [6.45, 7) is 7.28. The van der Waals surface area contributed by atoms with Crippen molar-refractivity contribution in [1.82, 2.24) is 14.9 Å². The largest absolute Gasteiger partial charge is 0.496 e. The van der Waals surface area contributed by atoms with Crippen LogP contribution in [-0.2, 0) is 10.9 Å². The lowest BCUT2D eigenvalue weighted by Gasteiger charge is -2.30. The monoisotopic (exact) mass is 579 g/mol. The Bertz CT molecular complexity index is 1470. The molecule has 222 valence electrons. The van der Waals surface area contributed by atoms with Gasteiger partial charge < -0.3 is 29.2 Å². The van der Waals surface area contributed by atoms with Gasteiger partial charge in [0.25, 0.3) is 6.01 Å². The van der Waals surface area contributed by atoms with Crippen molar-refractivity contribution in [2.75, 3.05) is 37.5 Å². The number of ether oxygens (including phenoxy) is 2. The lowest BCUT2D eigenvalue weighted by atomic mass is 9.99. The van der Waals surface area contributed by atoms with Crippen molar-refractivity contribution in [2.45, 2.75) is 58.4 Å². The van der Waals surface area contributed by atoms with Crippen molar-refractivity contribution < 1.29 is 41.8 Å². The number of carbonyl (C=O) groups excluding carboxylic acids is 1. The molecule has 0 aliphatic carbocycles. The standard InChI is InChI=1S/C27H32F3N5O6/c1-14-10-15(27(28,29)30)11-19(39-6)20(14)17-12-18(34(5)25(38)41-26(2,3)4)21-22(32-17)33-23(40-21)31-16-8-7-9-35(13-16)24(36)37/h10-12,16H,7-9,13H2,1-6H3,(H,36,37)(H,31,32,33)/t16-/m1/s1. The third-order valence-electron chi connectivity index (χ3n) is 6.49. The summed E-state index contributed by atoms with van der Waals surface area (Å²) in [5, 5.41) is 12.5. The first kappa shape index (κ1) is 29.7. The molecule has 2 aromatic heterocycles. The number of nitrogens with one attached hydrogen (secondary N) is 1. The molecule has 1 aliphatic heterocycles. The number of hydrogen-bond acceptors (Lipinski definition) is 8. The minimum Gasteiger partial charge on any atom is -0.496 e. The van der Waals surface area contributed by atoms with Crippen LogP contribution in [-0.4, -0.2) is 71.1 Å². The molecule has 41 heavy (non-hydrogen) atoms. The highest BCUT2D eigenvalue weighted by Gasteiger charge is 2.33. The number of likely N-dealkylation sites (tertiary alicyclic amines) is 1. The van der Waals surface area contributed by atoms with Gasteiger partial charge in [0.2, 0.25) is 5.65 Å². The van der Waals surface area contributed by atoms with Crippen LogP contribution in [0.2, 0.25) is 0 Å². The average molecular weight is 580 g/mol. The molecule has 1 aliphatic rings. The number of rotatable bonds is 5. The van der Waals surface area contributed by atoms with E-state index in [0.717, 1.165) is 12.1 Å². The van der Waals surface area contributed by atoms with Gasteiger partial charge in [-0.2, -0.15) is 18.2 Å². The Balaban J connectivity index is 1.83. The second-order valence-electron chi connectivity index (χ2n) is 10.8. The molecule has 0 bridgehead atoms. The lowest BCUT2D eigenvalue weighted by molar-refractivity contribution is -0.137. The zero-order chi connectivity index (χ0) is 30.3. The molecule has 4 rings (SSSR count). The molecule has 1 saturated heterocycles. The SMILES string of the molecule is COc1cc(C(F)(F)F)cc(C)c1-c1cc(N(C)C(=O)OC(C)(C)C)c2oc(N[C@@H]3CCCN(C(=O)O)C3)nc2n1. The summed E-state index contributed by atoms with van der Waals surface area (Å²) in [6.07, 6.45) is -5.00. The van der Waals surface area contributed by atoms with E-state index in [1.165, 1.54) is 36.9 Å². The highest BCUT2D eigenvalue weighted by atomic mass is 19.4.